The van der Waals surface area contributed by atoms with Crippen LogP contribution in [0.5, 0.6) is 11.5 Å². The first-order chi connectivity index (χ1) is 19.4. The van der Waals surface area contributed by atoms with E-state index in [2.05, 4.69) is 6.92 Å². The normalized spacial score (nSPS) is 10.6. The Kier molecular flexibility index (Phi) is 9.31. The topological polar surface area (TPSA) is 110 Å². The van der Waals surface area contributed by atoms with Crippen molar-refractivity contribution >= 4 is 18.4 Å². The molecule has 4 aromatic rings. The number of unbranched alkanes of at least 4 members (excludes halogenated alkanes) is 3. The lowest BCUT2D eigenvalue weighted by Crippen LogP contribution is -2.02. The fourth-order valence-electron chi connectivity index (χ4n) is 4.45. The number of carbonyl (C=O) groups is 3. The Morgan fingerprint density at radius 2 is 1.18 bits per heavy atom. The molecule has 0 saturated carbocycles. The molecule has 4 aromatic carbocycles. The highest BCUT2D eigenvalue weighted by Crippen LogP contribution is 2.43. The maximum Gasteiger partial charge on any atom is 0.335 e. The first-order valence-electron chi connectivity index (χ1n) is 13.1. The van der Waals surface area contributed by atoms with E-state index in [4.69, 9.17) is 9.47 Å². The summed E-state index contributed by atoms with van der Waals surface area (Å²) in [5.74, 6) is -0.971. The van der Waals surface area contributed by atoms with E-state index in [0.29, 0.717) is 24.6 Å². The summed E-state index contributed by atoms with van der Waals surface area (Å²) < 4.78 is 11.4. The summed E-state index contributed by atoms with van der Waals surface area (Å²) in [7, 11) is 0. The van der Waals surface area contributed by atoms with Gasteiger partial charge in [0.25, 0.3) is 6.47 Å². The second kappa shape index (κ2) is 13.2. The molecule has 0 radical (unpaired) electrons. The van der Waals surface area contributed by atoms with E-state index in [9.17, 15) is 24.6 Å². The van der Waals surface area contributed by atoms with Crippen molar-refractivity contribution in [3.8, 4) is 44.9 Å². The summed E-state index contributed by atoms with van der Waals surface area (Å²) >= 11 is 0. The third-order valence-corrected chi connectivity index (χ3v) is 6.59. The largest absolute Gasteiger partial charge is 0.492 e. The first kappa shape index (κ1) is 28.1. The molecule has 0 amide bonds. The van der Waals surface area contributed by atoms with Gasteiger partial charge in [-0.3, -0.25) is 4.79 Å². The van der Waals surface area contributed by atoms with Crippen molar-refractivity contribution < 1.29 is 34.1 Å². The molecule has 7 nitrogen and oxygen atoms in total. The van der Waals surface area contributed by atoms with Crippen molar-refractivity contribution in [2.24, 2.45) is 0 Å². The van der Waals surface area contributed by atoms with Crippen LogP contribution in [0.2, 0.25) is 0 Å². The Labute approximate surface area is 232 Å². The van der Waals surface area contributed by atoms with Crippen LogP contribution in [0.3, 0.4) is 0 Å². The van der Waals surface area contributed by atoms with Crippen LogP contribution in [0.4, 0.5) is 0 Å². The molecular formula is C33H30O7. The van der Waals surface area contributed by atoms with Crippen LogP contribution in [0.1, 0.15) is 53.3 Å². The Hall–Kier alpha value is -4.91. The molecule has 204 valence electrons. The molecule has 0 atom stereocenters. The molecule has 0 bridgehead atoms. The summed E-state index contributed by atoms with van der Waals surface area (Å²) in [4.78, 5) is 33.7. The third kappa shape index (κ3) is 6.74. The van der Waals surface area contributed by atoms with Crippen LogP contribution < -0.4 is 9.47 Å². The number of ether oxygens (including phenoxy) is 2. The van der Waals surface area contributed by atoms with Crippen LogP contribution in [0.15, 0.2) is 84.9 Å². The molecule has 0 unspecified atom stereocenters. The molecule has 0 heterocycles. The summed E-state index contributed by atoms with van der Waals surface area (Å²) in [6, 6.07) is 24.3. The molecule has 0 spiro atoms. The van der Waals surface area contributed by atoms with Gasteiger partial charge in [0.15, 0.2) is 0 Å². The van der Waals surface area contributed by atoms with Crippen LogP contribution in [0.25, 0.3) is 33.4 Å². The zero-order valence-corrected chi connectivity index (χ0v) is 22.1. The smallest absolute Gasteiger partial charge is 0.335 e. The maximum absolute atomic E-state index is 11.5. The van der Waals surface area contributed by atoms with Crippen molar-refractivity contribution in [1.82, 2.24) is 0 Å². The number of carboxylic acid groups (broad SMARTS) is 2. The Morgan fingerprint density at radius 3 is 1.62 bits per heavy atom. The van der Waals surface area contributed by atoms with E-state index in [-0.39, 0.29) is 11.1 Å². The van der Waals surface area contributed by atoms with Gasteiger partial charge in [-0.1, -0.05) is 62.6 Å². The number of hydrogen-bond donors (Lipinski definition) is 2. The second-order valence-electron chi connectivity index (χ2n) is 9.31. The summed E-state index contributed by atoms with van der Waals surface area (Å²) in [6.45, 7) is 3.02. The molecule has 2 N–H and O–H groups in total. The van der Waals surface area contributed by atoms with Gasteiger partial charge in [0.1, 0.15) is 11.5 Å². The molecule has 40 heavy (non-hydrogen) atoms. The zero-order chi connectivity index (χ0) is 28.5. The SMILES string of the molecule is CCCCCCOc1c(-c2ccc(C(=O)O)cc2)cc(-c2ccc(OC=O)cc2)cc1-c1ccc(C(=O)O)cc1. The lowest BCUT2D eigenvalue weighted by molar-refractivity contribution is -0.120. The highest BCUT2D eigenvalue weighted by atomic mass is 16.5. The fraction of sp³-hybridized carbons (Fsp3) is 0.182. The second-order valence-corrected chi connectivity index (χ2v) is 9.31. The summed E-state index contributed by atoms with van der Waals surface area (Å²) in [5.41, 5.74) is 5.17. The average Bonchev–Trinajstić information content (AvgIpc) is 2.97. The highest BCUT2D eigenvalue weighted by Gasteiger charge is 2.18. The van der Waals surface area contributed by atoms with Gasteiger partial charge in [0.2, 0.25) is 0 Å². The molecule has 0 saturated heterocycles. The molecule has 0 aliphatic rings. The Morgan fingerprint density at radius 1 is 0.675 bits per heavy atom. The van der Waals surface area contributed by atoms with Crippen molar-refractivity contribution in [1.29, 1.82) is 0 Å². The molecule has 4 rings (SSSR count). The predicted octanol–water partition coefficient (Wildman–Crippen LogP) is 7.58. The van der Waals surface area contributed by atoms with E-state index in [1.54, 1.807) is 60.7 Å². The zero-order valence-electron chi connectivity index (χ0n) is 22.1. The number of carbonyl (C=O) groups excluding carboxylic acids is 1. The minimum atomic E-state index is -1.01. The van der Waals surface area contributed by atoms with E-state index in [0.717, 1.165) is 59.1 Å². The number of benzene rings is 4. The average molecular weight is 539 g/mol. The molecular weight excluding hydrogens is 508 g/mol. The van der Waals surface area contributed by atoms with Gasteiger partial charge in [0.05, 0.1) is 17.7 Å². The number of carboxylic acids is 2. The van der Waals surface area contributed by atoms with E-state index in [1.165, 1.54) is 0 Å². The lowest BCUT2D eigenvalue weighted by Gasteiger charge is -2.19. The van der Waals surface area contributed by atoms with Gasteiger partial charge < -0.3 is 19.7 Å². The van der Waals surface area contributed by atoms with Gasteiger partial charge in [-0.05, 0) is 77.2 Å². The van der Waals surface area contributed by atoms with Gasteiger partial charge >= 0.3 is 11.9 Å². The van der Waals surface area contributed by atoms with Gasteiger partial charge in [0, 0.05) is 11.1 Å². The third-order valence-electron chi connectivity index (χ3n) is 6.59. The molecule has 0 aromatic heterocycles. The number of rotatable bonds is 13. The van der Waals surface area contributed by atoms with Gasteiger partial charge in [-0.2, -0.15) is 0 Å². The monoisotopic (exact) mass is 538 g/mol. The molecule has 0 aliphatic heterocycles. The first-order valence-corrected chi connectivity index (χ1v) is 13.1. The molecule has 0 aliphatic carbocycles. The van der Waals surface area contributed by atoms with Crippen LogP contribution in [0, 0.1) is 0 Å². The van der Waals surface area contributed by atoms with Crippen molar-refractivity contribution in [3.05, 3.63) is 96.1 Å². The fourth-order valence-corrected chi connectivity index (χ4v) is 4.45. The minimum Gasteiger partial charge on any atom is -0.492 e. The van der Waals surface area contributed by atoms with Gasteiger partial charge in [-0.25, -0.2) is 9.59 Å². The Balaban J connectivity index is 1.89. The highest BCUT2D eigenvalue weighted by molar-refractivity contribution is 5.92. The van der Waals surface area contributed by atoms with Gasteiger partial charge in [-0.15, -0.1) is 0 Å². The minimum absolute atomic E-state index is 0.178. The quantitative estimate of drug-likeness (QED) is 0.133. The molecule has 0 fully saturated rings. The van der Waals surface area contributed by atoms with Crippen molar-refractivity contribution in [2.45, 2.75) is 32.6 Å². The standard InChI is InChI=1S/C33H30O7/c1-2-3-4-5-18-39-31-29(23-6-10-25(11-7-23)32(35)36)19-27(22-14-16-28(17-15-22)40-21-34)20-30(31)24-8-12-26(13-9-24)33(37)38/h6-17,19-21H,2-5,18H2,1H3,(H,35,36)(H,37,38). The van der Waals surface area contributed by atoms with Crippen LogP contribution in [-0.2, 0) is 4.79 Å². The van der Waals surface area contributed by atoms with E-state index < -0.39 is 11.9 Å². The number of hydrogen-bond acceptors (Lipinski definition) is 5. The van der Waals surface area contributed by atoms with Crippen molar-refractivity contribution in [3.63, 3.8) is 0 Å². The van der Waals surface area contributed by atoms with Crippen molar-refractivity contribution in [2.75, 3.05) is 6.61 Å². The Bertz CT molecular complexity index is 1390. The lowest BCUT2D eigenvalue weighted by atomic mass is 9.91. The predicted molar refractivity (Wildman–Crippen MR) is 153 cm³/mol. The maximum atomic E-state index is 11.5. The van der Waals surface area contributed by atoms with E-state index in [1.807, 2.05) is 24.3 Å². The molecule has 7 heteroatoms. The summed E-state index contributed by atoms with van der Waals surface area (Å²) in [6.07, 6.45) is 4.13. The summed E-state index contributed by atoms with van der Waals surface area (Å²) in [5, 5.41) is 18.8. The van der Waals surface area contributed by atoms with Crippen LogP contribution in [-0.4, -0.2) is 35.2 Å². The van der Waals surface area contributed by atoms with E-state index >= 15 is 0 Å². The van der Waals surface area contributed by atoms with Crippen LogP contribution >= 0.6 is 0 Å². The number of aromatic carboxylic acids is 2.